The maximum atomic E-state index is 11.9. The number of hydrogen-bond acceptors (Lipinski definition) is 4. The zero-order chi connectivity index (χ0) is 13.1. The molecule has 0 saturated heterocycles. The Hall–Kier alpha value is -2.50. The first-order valence-corrected chi connectivity index (χ1v) is 5.33. The maximum Gasteiger partial charge on any atom is 0.325 e. The number of fused-ring (bicyclic) bond motifs is 1. The van der Waals surface area contributed by atoms with Crippen LogP contribution in [-0.2, 0) is 4.79 Å². The van der Waals surface area contributed by atoms with E-state index < -0.39 is 17.9 Å². The lowest BCUT2D eigenvalue weighted by Crippen LogP contribution is -2.38. The minimum Gasteiger partial charge on any atom is -0.480 e. The number of para-hydroxylation sites is 1. The number of carboxylic acid groups (broad SMARTS) is 1. The summed E-state index contributed by atoms with van der Waals surface area (Å²) in [5.41, 5.74) is 1.36. The van der Waals surface area contributed by atoms with Crippen molar-refractivity contribution in [3.05, 3.63) is 36.2 Å². The minimum atomic E-state index is -1.09. The molecule has 18 heavy (non-hydrogen) atoms. The van der Waals surface area contributed by atoms with Gasteiger partial charge in [-0.05, 0) is 19.1 Å². The number of nitrogens with one attached hydrogen (secondary N) is 1. The molecule has 0 fully saturated rings. The number of carbonyl (C=O) groups is 2. The molecule has 0 aliphatic carbocycles. The lowest BCUT2D eigenvalue weighted by molar-refractivity contribution is -0.138. The molecule has 92 valence electrons. The molecule has 0 spiro atoms. The highest BCUT2D eigenvalue weighted by molar-refractivity contribution is 6.05. The van der Waals surface area contributed by atoms with Gasteiger partial charge in [-0.2, -0.15) is 0 Å². The van der Waals surface area contributed by atoms with E-state index in [0.717, 1.165) is 0 Å². The Morgan fingerprint density at radius 3 is 2.72 bits per heavy atom. The third-order valence-electron chi connectivity index (χ3n) is 2.46. The van der Waals surface area contributed by atoms with Crippen molar-refractivity contribution >= 4 is 22.9 Å². The smallest absolute Gasteiger partial charge is 0.325 e. The molecule has 1 amide bonds. The molecular weight excluding hydrogens is 234 g/mol. The fraction of sp³-hybridized carbons (Fsp3) is 0.167. The molecule has 0 saturated carbocycles. The first-order valence-electron chi connectivity index (χ1n) is 5.33. The number of aliphatic carboxylic acids is 1. The molecule has 6 nitrogen and oxygen atoms in total. The number of carboxylic acids is 1. The normalized spacial score (nSPS) is 12.1. The zero-order valence-corrected chi connectivity index (χ0v) is 9.62. The molecule has 2 rings (SSSR count). The summed E-state index contributed by atoms with van der Waals surface area (Å²) < 4.78 is 0. The quantitative estimate of drug-likeness (QED) is 0.835. The number of carbonyl (C=O) groups excluding carboxylic acids is 1. The van der Waals surface area contributed by atoms with Crippen LogP contribution in [0, 0.1) is 0 Å². The summed E-state index contributed by atoms with van der Waals surface area (Å²) in [7, 11) is 0. The van der Waals surface area contributed by atoms with Gasteiger partial charge in [0.05, 0.1) is 11.1 Å². The number of nitrogens with zero attached hydrogens (tertiary/aromatic N) is 2. The molecule has 1 atom stereocenters. The topological polar surface area (TPSA) is 92.2 Å². The summed E-state index contributed by atoms with van der Waals surface area (Å²) in [6.07, 6.45) is 3.02. The lowest BCUT2D eigenvalue weighted by Gasteiger charge is -2.10. The van der Waals surface area contributed by atoms with Gasteiger partial charge < -0.3 is 10.4 Å². The van der Waals surface area contributed by atoms with Crippen molar-refractivity contribution in [1.82, 2.24) is 15.3 Å². The van der Waals surface area contributed by atoms with Crippen molar-refractivity contribution in [2.24, 2.45) is 0 Å². The van der Waals surface area contributed by atoms with Gasteiger partial charge in [0.2, 0.25) is 0 Å². The molecule has 0 aliphatic rings. The summed E-state index contributed by atoms with van der Waals surface area (Å²) in [5, 5.41) is 11.1. The average molecular weight is 245 g/mol. The molecular formula is C12H11N3O3. The van der Waals surface area contributed by atoms with E-state index in [1.54, 1.807) is 18.2 Å². The number of aromatic nitrogens is 2. The van der Waals surface area contributed by atoms with Crippen LogP contribution in [0.2, 0.25) is 0 Å². The van der Waals surface area contributed by atoms with Gasteiger partial charge in [-0.25, -0.2) is 0 Å². The minimum absolute atomic E-state index is 0.314. The first-order chi connectivity index (χ1) is 8.59. The van der Waals surface area contributed by atoms with Crippen molar-refractivity contribution in [2.45, 2.75) is 13.0 Å². The fourth-order valence-corrected chi connectivity index (χ4v) is 1.51. The highest BCUT2D eigenvalue weighted by Gasteiger charge is 2.17. The Balaban J connectivity index is 2.36. The number of amides is 1. The predicted molar refractivity (Wildman–Crippen MR) is 64.1 cm³/mol. The number of benzene rings is 1. The Kier molecular flexibility index (Phi) is 3.18. The summed E-state index contributed by atoms with van der Waals surface area (Å²) in [5.74, 6) is -1.56. The second-order valence-electron chi connectivity index (χ2n) is 3.76. The molecule has 1 heterocycles. The number of rotatable bonds is 3. The van der Waals surface area contributed by atoms with E-state index in [1.807, 2.05) is 0 Å². The van der Waals surface area contributed by atoms with Crippen LogP contribution in [0.4, 0.5) is 0 Å². The molecule has 1 aromatic carbocycles. The second kappa shape index (κ2) is 4.79. The Bertz CT molecular complexity index is 607. The van der Waals surface area contributed by atoms with E-state index in [4.69, 9.17) is 5.11 Å². The Labute approximate surface area is 103 Å². The molecule has 2 aromatic rings. The van der Waals surface area contributed by atoms with E-state index in [-0.39, 0.29) is 0 Å². The van der Waals surface area contributed by atoms with Gasteiger partial charge in [-0.15, -0.1) is 0 Å². The summed E-state index contributed by atoms with van der Waals surface area (Å²) in [4.78, 5) is 30.8. The fourth-order valence-electron chi connectivity index (χ4n) is 1.51. The second-order valence-corrected chi connectivity index (χ2v) is 3.76. The summed E-state index contributed by atoms with van der Waals surface area (Å²) in [6, 6.07) is 4.04. The average Bonchev–Trinajstić information content (AvgIpc) is 2.37. The highest BCUT2D eigenvalue weighted by Crippen LogP contribution is 2.13. The predicted octanol–water partition coefficient (Wildman–Crippen LogP) is 0.833. The van der Waals surface area contributed by atoms with Crippen molar-refractivity contribution in [3.8, 4) is 0 Å². The van der Waals surface area contributed by atoms with Crippen molar-refractivity contribution in [3.63, 3.8) is 0 Å². The van der Waals surface area contributed by atoms with E-state index in [2.05, 4.69) is 15.3 Å². The van der Waals surface area contributed by atoms with Gasteiger partial charge in [-0.3, -0.25) is 19.6 Å². The van der Waals surface area contributed by atoms with Crippen molar-refractivity contribution < 1.29 is 14.7 Å². The third-order valence-corrected chi connectivity index (χ3v) is 2.46. The standard InChI is InChI=1S/C12H11N3O3/c1-7(12(17)18)15-11(16)8-3-2-4-9-10(8)14-6-5-13-9/h2-7H,1H3,(H,15,16)(H,17,18)/t7-/m0/s1. The van der Waals surface area contributed by atoms with E-state index in [9.17, 15) is 9.59 Å². The van der Waals surface area contributed by atoms with Crippen LogP contribution < -0.4 is 5.32 Å². The number of hydrogen-bond donors (Lipinski definition) is 2. The van der Waals surface area contributed by atoms with Crippen LogP contribution in [0.25, 0.3) is 11.0 Å². The van der Waals surface area contributed by atoms with Crippen LogP contribution in [0.15, 0.2) is 30.6 Å². The maximum absolute atomic E-state index is 11.9. The van der Waals surface area contributed by atoms with Crippen LogP contribution in [0.5, 0.6) is 0 Å². The van der Waals surface area contributed by atoms with Crippen molar-refractivity contribution in [1.29, 1.82) is 0 Å². The molecule has 0 unspecified atom stereocenters. The first kappa shape index (κ1) is 12.0. The van der Waals surface area contributed by atoms with Gasteiger partial charge >= 0.3 is 5.97 Å². The van der Waals surface area contributed by atoms with Crippen LogP contribution in [0.3, 0.4) is 0 Å². The Morgan fingerprint density at radius 1 is 1.28 bits per heavy atom. The molecule has 6 heteroatoms. The van der Waals surface area contributed by atoms with Gasteiger partial charge in [-0.1, -0.05) is 6.07 Å². The monoisotopic (exact) mass is 245 g/mol. The highest BCUT2D eigenvalue weighted by atomic mass is 16.4. The van der Waals surface area contributed by atoms with Crippen LogP contribution in [-0.4, -0.2) is 33.0 Å². The molecule has 1 aromatic heterocycles. The molecule has 0 aliphatic heterocycles. The SMILES string of the molecule is C[C@H](NC(=O)c1cccc2nccnc12)C(=O)O. The van der Waals surface area contributed by atoms with Crippen LogP contribution in [0.1, 0.15) is 17.3 Å². The van der Waals surface area contributed by atoms with E-state index in [1.165, 1.54) is 19.3 Å². The van der Waals surface area contributed by atoms with E-state index in [0.29, 0.717) is 16.6 Å². The van der Waals surface area contributed by atoms with Gasteiger partial charge in [0.1, 0.15) is 11.6 Å². The van der Waals surface area contributed by atoms with E-state index >= 15 is 0 Å². The largest absolute Gasteiger partial charge is 0.480 e. The van der Waals surface area contributed by atoms with Gasteiger partial charge in [0.15, 0.2) is 0 Å². The third kappa shape index (κ3) is 2.27. The summed E-state index contributed by atoms with van der Waals surface area (Å²) in [6.45, 7) is 1.40. The summed E-state index contributed by atoms with van der Waals surface area (Å²) >= 11 is 0. The molecule has 2 N–H and O–H groups in total. The van der Waals surface area contributed by atoms with Crippen molar-refractivity contribution in [2.75, 3.05) is 0 Å². The van der Waals surface area contributed by atoms with Gasteiger partial charge in [0, 0.05) is 12.4 Å². The Morgan fingerprint density at radius 2 is 2.00 bits per heavy atom. The van der Waals surface area contributed by atoms with Gasteiger partial charge in [0.25, 0.3) is 5.91 Å². The molecule has 0 radical (unpaired) electrons. The van der Waals surface area contributed by atoms with Crippen LogP contribution >= 0.6 is 0 Å². The zero-order valence-electron chi connectivity index (χ0n) is 9.62. The molecule has 0 bridgehead atoms. The lowest BCUT2D eigenvalue weighted by atomic mass is 10.1.